The van der Waals surface area contributed by atoms with Crippen molar-refractivity contribution in [2.75, 3.05) is 0 Å². The van der Waals surface area contributed by atoms with Gasteiger partial charge in [-0.3, -0.25) is 4.79 Å². The van der Waals surface area contributed by atoms with Crippen molar-refractivity contribution in [2.45, 2.75) is 18.6 Å². The van der Waals surface area contributed by atoms with E-state index in [1.807, 2.05) is 30.3 Å². The Morgan fingerprint density at radius 3 is 2.50 bits per heavy atom. The summed E-state index contributed by atoms with van der Waals surface area (Å²) in [5.41, 5.74) is -1.07. The molecule has 1 aromatic rings. The lowest BCUT2D eigenvalue weighted by atomic mass is 10.1. The predicted molar refractivity (Wildman–Crippen MR) is 53.7 cm³/mol. The summed E-state index contributed by atoms with van der Waals surface area (Å²) in [5, 5.41) is 2.45. The Labute approximate surface area is 87.1 Å². The van der Waals surface area contributed by atoms with E-state index in [1.165, 1.54) is 0 Å². The molecule has 76 valence electrons. The summed E-state index contributed by atoms with van der Waals surface area (Å²) >= 11 is 4.98. The first kappa shape index (κ1) is 11.0. The smallest absolute Gasteiger partial charge is 0.270 e. The highest BCUT2D eigenvalue weighted by atomic mass is 35.5. The Balaban J connectivity index is 2.59. The number of carbonyl (C=O) groups excluding carboxylic acids is 1. The SMILES string of the molecule is CC(NC(=O)C(F)Cl)c1ccccc1. The molecule has 2 unspecified atom stereocenters. The molecule has 0 aliphatic carbocycles. The van der Waals surface area contributed by atoms with Crippen LogP contribution in [0.2, 0.25) is 0 Å². The van der Waals surface area contributed by atoms with E-state index >= 15 is 0 Å². The number of rotatable bonds is 3. The van der Waals surface area contributed by atoms with E-state index in [9.17, 15) is 9.18 Å². The second kappa shape index (κ2) is 4.96. The predicted octanol–water partition coefficient (Wildman–Crippen LogP) is 2.40. The maximum atomic E-state index is 12.3. The van der Waals surface area contributed by atoms with Gasteiger partial charge in [-0.05, 0) is 12.5 Å². The Bertz CT molecular complexity index is 302. The molecule has 0 radical (unpaired) electrons. The Hall–Kier alpha value is -1.09. The van der Waals surface area contributed by atoms with Gasteiger partial charge >= 0.3 is 0 Å². The van der Waals surface area contributed by atoms with Gasteiger partial charge in [0, 0.05) is 0 Å². The van der Waals surface area contributed by atoms with E-state index < -0.39 is 11.5 Å². The van der Waals surface area contributed by atoms with E-state index in [-0.39, 0.29) is 6.04 Å². The largest absolute Gasteiger partial charge is 0.346 e. The van der Waals surface area contributed by atoms with E-state index in [0.717, 1.165) is 5.56 Å². The lowest BCUT2D eigenvalue weighted by molar-refractivity contribution is -0.124. The Morgan fingerprint density at radius 1 is 1.43 bits per heavy atom. The van der Waals surface area contributed by atoms with Crippen molar-refractivity contribution in [1.82, 2.24) is 5.32 Å². The molecule has 4 heteroatoms. The van der Waals surface area contributed by atoms with Gasteiger partial charge in [0.2, 0.25) is 0 Å². The molecule has 0 aromatic heterocycles. The summed E-state index contributed by atoms with van der Waals surface area (Å²) in [6.07, 6.45) is 0. The maximum Gasteiger partial charge on any atom is 0.270 e. The zero-order valence-electron chi connectivity index (χ0n) is 7.71. The summed E-state index contributed by atoms with van der Waals surface area (Å²) in [6, 6.07) is 9.05. The van der Waals surface area contributed by atoms with E-state index in [1.54, 1.807) is 6.92 Å². The molecule has 2 atom stereocenters. The number of hydrogen-bond acceptors (Lipinski definition) is 1. The standard InChI is InChI=1S/C10H11ClFNO/c1-7(13-10(14)9(11)12)8-5-3-2-4-6-8/h2-7,9H,1H3,(H,13,14). The van der Waals surface area contributed by atoms with Gasteiger partial charge in [0.25, 0.3) is 11.5 Å². The van der Waals surface area contributed by atoms with E-state index in [2.05, 4.69) is 5.32 Å². The van der Waals surface area contributed by atoms with Crippen LogP contribution in [0.4, 0.5) is 4.39 Å². The number of carbonyl (C=O) groups is 1. The van der Waals surface area contributed by atoms with Crippen molar-refractivity contribution in [3.63, 3.8) is 0 Å². The molecule has 0 aliphatic heterocycles. The molecule has 1 N–H and O–H groups in total. The van der Waals surface area contributed by atoms with Crippen LogP contribution in [0.5, 0.6) is 0 Å². The molecule has 0 saturated heterocycles. The maximum absolute atomic E-state index is 12.3. The van der Waals surface area contributed by atoms with Gasteiger partial charge in [-0.15, -0.1) is 0 Å². The fourth-order valence-corrected chi connectivity index (χ4v) is 1.16. The van der Waals surface area contributed by atoms with Crippen molar-refractivity contribution in [1.29, 1.82) is 0 Å². The zero-order valence-corrected chi connectivity index (χ0v) is 8.46. The average Bonchev–Trinajstić information content (AvgIpc) is 2.19. The minimum absolute atomic E-state index is 0.235. The number of alkyl halides is 2. The summed E-state index contributed by atoms with van der Waals surface area (Å²) in [6.45, 7) is 1.77. The quantitative estimate of drug-likeness (QED) is 0.771. The molecule has 0 fully saturated rings. The number of hydrogen-bond donors (Lipinski definition) is 1. The summed E-state index contributed by atoms with van der Waals surface area (Å²) < 4.78 is 12.3. The fourth-order valence-electron chi connectivity index (χ4n) is 1.10. The molecule has 14 heavy (non-hydrogen) atoms. The first-order chi connectivity index (χ1) is 6.61. The normalized spacial score (nSPS) is 14.5. The van der Waals surface area contributed by atoms with Crippen LogP contribution in [-0.4, -0.2) is 11.5 Å². The van der Waals surface area contributed by atoms with Crippen LogP contribution in [0.15, 0.2) is 30.3 Å². The van der Waals surface area contributed by atoms with Crippen LogP contribution in [0, 0.1) is 0 Å². The lowest BCUT2D eigenvalue weighted by Crippen LogP contribution is -2.31. The topological polar surface area (TPSA) is 29.1 Å². The fraction of sp³-hybridized carbons (Fsp3) is 0.300. The molecule has 0 saturated carbocycles. The second-order valence-corrected chi connectivity index (χ2v) is 3.32. The van der Waals surface area contributed by atoms with Gasteiger partial charge < -0.3 is 5.32 Å². The van der Waals surface area contributed by atoms with Crippen LogP contribution in [0.25, 0.3) is 0 Å². The monoisotopic (exact) mass is 215 g/mol. The van der Waals surface area contributed by atoms with Crippen molar-refractivity contribution < 1.29 is 9.18 Å². The highest BCUT2D eigenvalue weighted by Crippen LogP contribution is 2.11. The van der Waals surface area contributed by atoms with Gasteiger partial charge in [0.05, 0.1) is 6.04 Å². The molecule has 2 nitrogen and oxygen atoms in total. The van der Waals surface area contributed by atoms with Crippen molar-refractivity contribution in [3.8, 4) is 0 Å². The third-order valence-electron chi connectivity index (χ3n) is 1.86. The molecule has 0 spiro atoms. The van der Waals surface area contributed by atoms with Gasteiger partial charge in [0.1, 0.15) is 0 Å². The molecule has 1 aromatic carbocycles. The van der Waals surface area contributed by atoms with Crippen molar-refractivity contribution in [3.05, 3.63) is 35.9 Å². The number of benzene rings is 1. The van der Waals surface area contributed by atoms with Crippen molar-refractivity contribution >= 4 is 17.5 Å². The third kappa shape index (κ3) is 3.00. The molecule has 0 heterocycles. The summed E-state index contributed by atoms with van der Waals surface area (Å²) in [7, 11) is 0. The number of nitrogens with one attached hydrogen (secondary N) is 1. The van der Waals surface area contributed by atoms with Crippen LogP contribution in [-0.2, 0) is 4.79 Å². The lowest BCUT2D eigenvalue weighted by Gasteiger charge is -2.13. The van der Waals surface area contributed by atoms with Gasteiger partial charge in [-0.25, -0.2) is 4.39 Å². The van der Waals surface area contributed by atoms with Gasteiger partial charge in [-0.1, -0.05) is 41.9 Å². The van der Waals surface area contributed by atoms with Gasteiger partial charge in [0.15, 0.2) is 0 Å². The molecular formula is C10H11ClFNO. The summed E-state index contributed by atoms with van der Waals surface area (Å²) in [5.74, 6) is -0.803. The highest BCUT2D eigenvalue weighted by molar-refractivity contribution is 6.29. The van der Waals surface area contributed by atoms with E-state index in [4.69, 9.17) is 11.6 Å². The molecule has 0 bridgehead atoms. The molecule has 1 amide bonds. The molecular weight excluding hydrogens is 205 g/mol. The Kier molecular flexibility index (Phi) is 3.89. The first-order valence-corrected chi connectivity index (χ1v) is 4.68. The Morgan fingerprint density at radius 2 is 2.00 bits per heavy atom. The van der Waals surface area contributed by atoms with Crippen LogP contribution >= 0.6 is 11.6 Å². The summed E-state index contributed by atoms with van der Waals surface area (Å²) in [4.78, 5) is 10.9. The van der Waals surface area contributed by atoms with Crippen LogP contribution < -0.4 is 5.32 Å². The number of halogens is 2. The second-order valence-electron chi connectivity index (χ2n) is 2.94. The number of amides is 1. The van der Waals surface area contributed by atoms with Gasteiger partial charge in [-0.2, -0.15) is 0 Å². The molecule has 1 rings (SSSR count). The minimum Gasteiger partial charge on any atom is -0.346 e. The van der Waals surface area contributed by atoms with Crippen molar-refractivity contribution in [2.24, 2.45) is 0 Å². The minimum atomic E-state index is -1.99. The average molecular weight is 216 g/mol. The zero-order chi connectivity index (χ0) is 10.6. The molecule has 0 aliphatic rings. The van der Waals surface area contributed by atoms with E-state index in [0.29, 0.717) is 0 Å². The highest BCUT2D eigenvalue weighted by Gasteiger charge is 2.16. The van der Waals surface area contributed by atoms with Crippen LogP contribution in [0.1, 0.15) is 18.5 Å². The third-order valence-corrected chi connectivity index (χ3v) is 2.05. The van der Waals surface area contributed by atoms with Crippen LogP contribution in [0.3, 0.4) is 0 Å². The first-order valence-electron chi connectivity index (χ1n) is 4.24.